The summed E-state index contributed by atoms with van der Waals surface area (Å²) in [7, 11) is 1.55. The highest BCUT2D eigenvalue weighted by atomic mass is 16.7. The van der Waals surface area contributed by atoms with Gasteiger partial charge in [0.2, 0.25) is 24.4 Å². The van der Waals surface area contributed by atoms with Gasteiger partial charge >= 0.3 is 5.97 Å². The molecule has 4 rings (SSSR count). The van der Waals surface area contributed by atoms with Gasteiger partial charge in [0.15, 0.2) is 11.5 Å². The van der Waals surface area contributed by atoms with E-state index in [-0.39, 0.29) is 25.2 Å². The lowest BCUT2D eigenvalue weighted by atomic mass is 9.84. The fourth-order valence-corrected chi connectivity index (χ4v) is 6.37. The van der Waals surface area contributed by atoms with Crippen molar-refractivity contribution >= 4 is 17.8 Å². The molecule has 3 atom stereocenters. The third-order valence-electron chi connectivity index (χ3n) is 8.61. The second kappa shape index (κ2) is 14.7. The molecule has 1 aromatic rings. The molecule has 0 saturated carbocycles. The van der Waals surface area contributed by atoms with Crippen molar-refractivity contribution in [3.05, 3.63) is 17.7 Å². The van der Waals surface area contributed by atoms with Crippen molar-refractivity contribution in [2.75, 3.05) is 59.7 Å². The van der Waals surface area contributed by atoms with Crippen molar-refractivity contribution in [3.63, 3.8) is 0 Å². The lowest BCUT2D eigenvalue weighted by Gasteiger charge is -2.32. The Bertz CT molecular complexity index is 1070. The maximum Gasteiger partial charge on any atom is 0.308 e. The van der Waals surface area contributed by atoms with Gasteiger partial charge in [-0.15, -0.1) is 0 Å². The van der Waals surface area contributed by atoms with Crippen LogP contribution < -0.4 is 19.9 Å². The van der Waals surface area contributed by atoms with Gasteiger partial charge in [0.1, 0.15) is 0 Å². The van der Waals surface area contributed by atoms with Crippen LogP contribution in [-0.4, -0.2) is 103 Å². The second-order valence-electron chi connectivity index (χ2n) is 11.3. The van der Waals surface area contributed by atoms with Crippen LogP contribution in [0.25, 0.3) is 0 Å². The summed E-state index contributed by atoms with van der Waals surface area (Å²) >= 11 is 0. The van der Waals surface area contributed by atoms with Gasteiger partial charge in [-0.25, -0.2) is 0 Å². The number of nitrogens with zero attached hydrogens (tertiary/aromatic N) is 3. The van der Waals surface area contributed by atoms with Crippen molar-refractivity contribution in [3.8, 4) is 17.2 Å². The van der Waals surface area contributed by atoms with E-state index in [1.54, 1.807) is 7.11 Å². The molecule has 2 amide bonds. The number of carbonyl (C=O) groups is 3. The van der Waals surface area contributed by atoms with Gasteiger partial charge in [0.25, 0.3) is 0 Å². The Morgan fingerprint density at radius 1 is 1.17 bits per heavy atom. The number of fused-ring (bicyclic) bond motifs is 1. The van der Waals surface area contributed by atoms with Crippen LogP contribution in [0.1, 0.15) is 69.8 Å². The number of aliphatic carboxylic acids is 1. The van der Waals surface area contributed by atoms with Gasteiger partial charge in [-0.1, -0.05) is 13.3 Å². The maximum absolute atomic E-state index is 13.7. The minimum Gasteiger partial charge on any atom is -0.493 e. The topological polar surface area (TPSA) is 135 Å². The van der Waals surface area contributed by atoms with E-state index in [1.807, 2.05) is 26.8 Å². The average Bonchev–Trinajstić information content (AvgIpc) is 3.58. The van der Waals surface area contributed by atoms with Crippen LogP contribution in [0.2, 0.25) is 0 Å². The van der Waals surface area contributed by atoms with E-state index in [1.165, 1.54) is 0 Å². The van der Waals surface area contributed by atoms with Crippen LogP contribution in [0.4, 0.5) is 0 Å². The lowest BCUT2D eigenvalue weighted by Crippen LogP contribution is -2.46. The van der Waals surface area contributed by atoms with E-state index in [9.17, 15) is 19.5 Å². The normalized spacial score (nSPS) is 22.3. The van der Waals surface area contributed by atoms with E-state index in [2.05, 4.69) is 6.92 Å². The van der Waals surface area contributed by atoms with Gasteiger partial charge in [-0.05, 0) is 62.8 Å². The highest BCUT2D eigenvalue weighted by Crippen LogP contribution is 2.47. The molecule has 11 nitrogen and oxygen atoms in total. The molecular formula is C30H46N4O7. The van der Waals surface area contributed by atoms with Gasteiger partial charge in [0.05, 0.1) is 19.6 Å². The van der Waals surface area contributed by atoms with Crippen molar-refractivity contribution in [1.29, 1.82) is 0 Å². The van der Waals surface area contributed by atoms with Crippen LogP contribution in [0.15, 0.2) is 12.1 Å². The first-order chi connectivity index (χ1) is 19.9. The Kier molecular flexibility index (Phi) is 11.1. The van der Waals surface area contributed by atoms with Gasteiger partial charge in [-0.3, -0.25) is 19.3 Å². The molecular weight excluding hydrogens is 528 g/mol. The summed E-state index contributed by atoms with van der Waals surface area (Å²) in [5.74, 6) is -0.427. The fraction of sp³-hybridized carbons (Fsp3) is 0.700. The third-order valence-corrected chi connectivity index (χ3v) is 8.61. The van der Waals surface area contributed by atoms with Crippen LogP contribution in [0.3, 0.4) is 0 Å². The van der Waals surface area contributed by atoms with Crippen LogP contribution in [0, 0.1) is 5.92 Å². The van der Waals surface area contributed by atoms with E-state index < -0.39 is 23.8 Å². The SMILES string of the molecule is CCCCN(CCCCN)C(=O)CN1CC(c2cc(OC)c3c(c2)OCO3)C(C(=O)O)C1CCN1CCCCC1=O. The number of hydrogen-bond acceptors (Lipinski definition) is 8. The molecule has 3 N–H and O–H groups in total. The number of ether oxygens (including phenoxy) is 3. The average molecular weight is 575 g/mol. The van der Waals surface area contributed by atoms with Crippen molar-refractivity contribution in [2.24, 2.45) is 11.7 Å². The molecule has 3 aliphatic rings. The molecule has 1 aromatic carbocycles. The van der Waals surface area contributed by atoms with Gasteiger partial charge in [-0.2, -0.15) is 0 Å². The fourth-order valence-electron chi connectivity index (χ4n) is 6.37. The molecule has 0 spiro atoms. The number of likely N-dealkylation sites (tertiary alicyclic amines) is 2. The molecule has 3 unspecified atom stereocenters. The predicted octanol–water partition coefficient (Wildman–Crippen LogP) is 2.66. The summed E-state index contributed by atoms with van der Waals surface area (Å²) in [6.45, 7) is 5.77. The first-order valence-electron chi connectivity index (χ1n) is 15.1. The Balaban J connectivity index is 1.61. The molecule has 0 bridgehead atoms. The number of benzene rings is 1. The number of piperidine rings is 1. The smallest absolute Gasteiger partial charge is 0.308 e. The molecule has 0 radical (unpaired) electrons. The Labute approximate surface area is 242 Å². The van der Waals surface area contributed by atoms with Crippen molar-refractivity contribution < 1.29 is 33.7 Å². The Morgan fingerprint density at radius 3 is 2.68 bits per heavy atom. The summed E-state index contributed by atoms with van der Waals surface area (Å²) in [4.78, 5) is 44.9. The third kappa shape index (κ3) is 7.43. The molecule has 228 valence electrons. The molecule has 0 aromatic heterocycles. The zero-order chi connectivity index (χ0) is 29.4. The Hall–Kier alpha value is -3.05. The number of amides is 2. The van der Waals surface area contributed by atoms with Crippen molar-refractivity contribution in [1.82, 2.24) is 14.7 Å². The number of methoxy groups -OCH3 is 1. The number of unbranched alkanes of at least 4 members (excludes halogenated alkanes) is 2. The van der Waals surface area contributed by atoms with Crippen LogP contribution >= 0.6 is 0 Å². The molecule has 2 saturated heterocycles. The Morgan fingerprint density at radius 2 is 1.98 bits per heavy atom. The molecule has 0 aliphatic carbocycles. The first-order valence-corrected chi connectivity index (χ1v) is 15.1. The zero-order valence-corrected chi connectivity index (χ0v) is 24.5. The number of carbonyl (C=O) groups excluding carboxylic acids is 2. The van der Waals surface area contributed by atoms with Crippen LogP contribution in [-0.2, 0) is 14.4 Å². The predicted molar refractivity (Wildman–Crippen MR) is 153 cm³/mol. The van der Waals surface area contributed by atoms with E-state index >= 15 is 0 Å². The highest BCUT2D eigenvalue weighted by Gasteiger charge is 2.48. The minimum atomic E-state index is -0.915. The number of carboxylic acid groups (broad SMARTS) is 1. The first kappa shape index (κ1) is 30.9. The highest BCUT2D eigenvalue weighted by molar-refractivity contribution is 5.79. The monoisotopic (exact) mass is 574 g/mol. The largest absolute Gasteiger partial charge is 0.493 e. The summed E-state index contributed by atoms with van der Waals surface area (Å²) in [6.07, 6.45) is 6.43. The number of nitrogens with two attached hydrogens (primary N) is 1. The van der Waals surface area contributed by atoms with E-state index in [0.29, 0.717) is 69.4 Å². The zero-order valence-electron chi connectivity index (χ0n) is 24.5. The van der Waals surface area contributed by atoms with E-state index in [4.69, 9.17) is 19.9 Å². The summed E-state index contributed by atoms with van der Waals surface area (Å²) in [6, 6.07) is 3.25. The number of rotatable bonds is 15. The van der Waals surface area contributed by atoms with Crippen LogP contribution in [0.5, 0.6) is 17.2 Å². The van der Waals surface area contributed by atoms with E-state index in [0.717, 1.165) is 44.1 Å². The summed E-state index contributed by atoms with van der Waals surface area (Å²) < 4.78 is 16.7. The van der Waals surface area contributed by atoms with Gasteiger partial charge in [0, 0.05) is 51.1 Å². The second-order valence-corrected chi connectivity index (χ2v) is 11.3. The molecule has 3 heterocycles. The minimum absolute atomic E-state index is 0.00239. The lowest BCUT2D eigenvalue weighted by molar-refractivity contribution is -0.144. The molecule has 2 fully saturated rings. The summed E-state index contributed by atoms with van der Waals surface area (Å²) in [5, 5.41) is 10.5. The standard InChI is InChI=1S/C30H46N4O7/c1-3-4-12-32(14-8-6-11-31)27(36)19-34-18-22(21-16-24(39-2)29-25(17-21)40-20-41-29)28(30(37)38)23(34)10-15-33-13-7-5-9-26(33)35/h16-17,22-23,28H,3-15,18-20,31H2,1-2H3,(H,37,38). The van der Waals surface area contributed by atoms with Crippen molar-refractivity contribution in [2.45, 2.75) is 70.3 Å². The van der Waals surface area contributed by atoms with Gasteiger partial charge < -0.3 is 34.9 Å². The number of hydrogen-bond donors (Lipinski definition) is 2. The maximum atomic E-state index is 13.7. The molecule has 11 heteroatoms. The number of carboxylic acids is 1. The molecule has 3 aliphatic heterocycles. The molecule has 41 heavy (non-hydrogen) atoms. The summed E-state index contributed by atoms with van der Waals surface area (Å²) in [5.41, 5.74) is 6.47. The quantitative estimate of drug-likeness (QED) is 0.303.